The van der Waals surface area contributed by atoms with Gasteiger partial charge in [0.25, 0.3) is 0 Å². The number of alkyl halides is 3. The van der Waals surface area contributed by atoms with Gasteiger partial charge in [-0.1, -0.05) is 66.7 Å². The molecule has 1 aromatic heterocycles. The van der Waals surface area contributed by atoms with Crippen LogP contribution in [0.3, 0.4) is 0 Å². The van der Waals surface area contributed by atoms with Gasteiger partial charge >= 0.3 is 12.4 Å². The van der Waals surface area contributed by atoms with Gasteiger partial charge in [-0.25, -0.2) is 19.9 Å². The van der Waals surface area contributed by atoms with Crippen molar-refractivity contribution in [1.29, 1.82) is 0 Å². The molecule has 1 saturated heterocycles. The molecule has 0 saturated carbocycles. The van der Waals surface area contributed by atoms with E-state index in [0.717, 1.165) is 22.5 Å². The Morgan fingerprint density at radius 2 is 1.91 bits per heavy atom. The Balaban J connectivity index is 1.04. The number of nitrogens with zero attached hydrogens (tertiary/aromatic N) is 5. The first-order chi connectivity index (χ1) is 20.6. The van der Waals surface area contributed by atoms with E-state index >= 15 is 0 Å². The lowest BCUT2D eigenvalue weighted by Gasteiger charge is -2.29. The zero-order chi connectivity index (χ0) is 30.1. The van der Waals surface area contributed by atoms with E-state index in [9.17, 15) is 18.0 Å². The van der Waals surface area contributed by atoms with Crippen LogP contribution < -0.4 is 15.1 Å². The van der Waals surface area contributed by atoms with E-state index < -0.39 is 12.4 Å². The number of carbonyl (C=O) groups is 1. The molecule has 4 aromatic rings. The highest BCUT2D eigenvalue weighted by atomic mass is 35.5. The van der Waals surface area contributed by atoms with Crippen LogP contribution in [0.25, 0.3) is 17.1 Å². The maximum absolute atomic E-state index is 12.6. The highest BCUT2D eigenvalue weighted by Gasteiger charge is 2.33. The number of ether oxygens (including phenoxy) is 1. The predicted molar refractivity (Wildman–Crippen MR) is 157 cm³/mol. The summed E-state index contributed by atoms with van der Waals surface area (Å²) in [5.74, 6) is 1.03. The van der Waals surface area contributed by atoms with Crippen LogP contribution in [0.2, 0.25) is 5.02 Å². The third kappa shape index (κ3) is 6.53. The molecule has 6 rings (SSSR count). The largest absolute Gasteiger partial charge is 0.573 e. The van der Waals surface area contributed by atoms with E-state index in [1.807, 2.05) is 23.1 Å². The van der Waals surface area contributed by atoms with Crippen LogP contribution in [0.4, 0.5) is 23.7 Å². The molecule has 43 heavy (non-hydrogen) atoms. The minimum atomic E-state index is -4.76. The van der Waals surface area contributed by atoms with Crippen LogP contribution in [0, 0.1) is 0 Å². The molecule has 2 amide bonds. The van der Waals surface area contributed by atoms with Gasteiger partial charge in [-0.15, -0.1) is 18.3 Å². The van der Waals surface area contributed by atoms with Crippen LogP contribution in [0.5, 0.6) is 5.75 Å². The number of amides is 2. The average Bonchev–Trinajstić information content (AvgIpc) is 3.61. The summed E-state index contributed by atoms with van der Waals surface area (Å²) in [4.78, 5) is 28.4. The molecule has 3 aromatic carbocycles. The summed E-state index contributed by atoms with van der Waals surface area (Å²) in [6.07, 6.45) is -1.13. The summed E-state index contributed by atoms with van der Waals surface area (Å²) in [7, 11) is 0. The van der Waals surface area contributed by atoms with Crippen molar-refractivity contribution < 1.29 is 27.5 Å². The van der Waals surface area contributed by atoms with Crippen molar-refractivity contribution in [1.82, 2.24) is 20.2 Å². The molecule has 220 valence electrons. The molecule has 1 unspecified atom stereocenters. The number of aromatic nitrogens is 3. The van der Waals surface area contributed by atoms with Gasteiger partial charge in [0.05, 0.1) is 18.0 Å². The maximum Gasteiger partial charge on any atom is 0.573 e. The molecule has 0 bridgehead atoms. The third-order valence-corrected chi connectivity index (χ3v) is 7.84. The lowest BCUT2D eigenvalue weighted by molar-refractivity contribution is -0.274. The van der Waals surface area contributed by atoms with Crippen molar-refractivity contribution in [2.24, 2.45) is 4.99 Å². The van der Waals surface area contributed by atoms with Gasteiger partial charge in [0.2, 0.25) is 0 Å². The highest BCUT2D eigenvalue weighted by molar-refractivity contribution is 8.14. The van der Waals surface area contributed by atoms with Gasteiger partial charge in [-0.3, -0.25) is 9.74 Å². The molecule has 0 radical (unpaired) electrons. The number of nitrogens with one attached hydrogen (secondary N) is 1. The number of aliphatic imine (C=N–C) groups is 1. The summed E-state index contributed by atoms with van der Waals surface area (Å²) in [5, 5.41) is 5.55. The van der Waals surface area contributed by atoms with Crippen LogP contribution in [0.1, 0.15) is 24.0 Å². The average molecular weight is 627 g/mol. The molecule has 0 aliphatic carbocycles. The topological polar surface area (TPSA) is 93.9 Å². The first-order valence-electron chi connectivity index (χ1n) is 12.9. The molecular formula is C29H22ClF3N6O3S. The van der Waals surface area contributed by atoms with Crippen LogP contribution in [-0.2, 0) is 11.4 Å². The minimum Gasteiger partial charge on any atom is -0.406 e. The molecule has 1 atom stereocenters. The summed E-state index contributed by atoms with van der Waals surface area (Å²) in [6, 6.07) is 17.6. The zero-order valence-corrected chi connectivity index (χ0v) is 24.0. The SMILES string of the molecule is CC1C=C2CSC(=NC(=O)NOCc3ccc(-c4ncn(-c5ccc(OC(F)(F)F)cc5)n4)cc3)N2c2cc(Cl)ccc21. The summed E-state index contributed by atoms with van der Waals surface area (Å²) in [5.41, 5.74) is 7.48. The van der Waals surface area contributed by atoms with E-state index in [-0.39, 0.29) is 18.3 Å². The van der Waals surface area contributed by atoms with Gasteiger partial charge in [0.1, 0.15) is 12.1 Å². The Labute approximate surface area is 252 Å². The molecule has 2 aliphatic rings. The van der Waals surface area contributed by atoms with Gasteiger partial charge < -0.3 is 4.74 Å². The Bertz CT molecular complexity index is 1720. The Hall–Kier alpha value is -4.33. The monoisotopic (exact) mass is 626 g/mol. The number of halogens is 4. The first-order valence-corrected chi connectivity index (χ1v) is 14.3. The summed E-state index contributed by atoms with van der Waals surface area (Å²) < 4.78 is 42.5. The lowest BCUT2D eigenvalue weighted by atomic mass is 9.94. The van der Waals surface area contributed by atoms with Crippen LogP contribution in [-0.4, -0.2) is 38.1 Å². The molecule has 3 heterocycles. The molecule has 2 aliphatic heterocycles. The van der Waals surface area contributed by atoms with Crippen molar-refractivity contribution in [2.45, 2.75) is 25.8 Å². The van der Waals surface area contributed by atoms with Gasteiger partial charge in [-0.05, 0) is 47.5 Å². The number of hydrogen-bond acceptors (Lipinski definition) is 6. The highest BCUT2D eigenvalue weighted by Crippen LogP contribution is 2.43. The number of allylic oxidation sites excluding steroid dienone is 1. The predicted octanol–water partition coefficient (Wildman–Crippen LogP) is 7.24. The molecule has 0 spiro atoms. The van der Waals surface area contributed by atoms with E-state index in [4.69, 9.17) is 16.4 Å². The Morgan fingerprint density at radius 3 is 2.65 bits per heavy atom. The number of fused-ring (bicyclic) bond motifs is 3. The fourth-order valence-electron chi connectivity index (χ4n) is 4.69. The second-order valence-electron chi connectivity index (χ2n) is 9.62. The van der Waals surface area contributed by atoms with E-state index in [1.165, 1.54) is 47.0 Å². The van der Waals surface area contributed by atoms with Crippen molar-refractivity contribution >= 4 is 40.2 Å². The van der Waals surface area contributed by atoms with Crippen molar-refractivity contribution in [2.75, 3.05) is 10.7 Å². The molecule has 14 heteroatoms. The molecule has 9 nitrogen and oxygen atoms in total. The number of thioether (sulfide) groups is 1. The fourth-order valence-corrected chi connectivity index (χ4v) is 5.85. The van der Waals surface area contributed by atoms with Crippen molar-refractivity contribution in [3.05, 3.63) is 101 Å². The van der Waals surface area contributed by atoms with Crippen molar-refractivity contribution in [3.8, 4) is 22.8 Å². The number of benzene rings is 3. The van der Waals surface area contributed by atoms with E-state index in [0.29, 0.717) is 33.0 Å². The molecule has 1 fully saturated rings. The first kappa shape index (κ1) is 28.8. The number of rotatable bonds is 6. The zero-order valence-electron chi connectivity index (χ0n) is 22.4. The van der Waals surface area contributed by atoms with Crippen molar-refractivity contribution in [3.63, 3.8) is 0 Å². The Kier molecular flexibility index (Phi) is 7.86. The minimum absolute atomic E-state index is 0.100. The molecular weight excluding hydrogens is 605 g/mol. The smallest absolute Gasteiger partial charge is 0.406 e. The quantitative estimate of drug-likeness (QED) is 0.226. The second-order valence-corrected chi connectivity index (χ2v) is 11.0. The van der Waals surface area contributed by atoms with Crippen LogP contribution >= 0.6 is 23.4 Å². The maximum atomic E-state index is 12.6. The van der Waals surface area contributed by atoms with E-state index in [1.54, 1.807) is 24.3 Å². The standard InChI is InChI=1S/C29H22ClF3N6O3S/c1-17-12-22-15-43-28(39(22)25-13-20(30)6-11-24(17)25)35-27(40)37-41-14-18-2-4-19(5-3-18)26-34-16-38(36-26)21-7-9-23(10-8-21)42-29(31,32)33/h2-13,16-17H,14-15H2,1H3,(H,37,40). The third-order valence-electron chi connectivity index (χ3n) is 6.63. The lowest BCUT2D eigenvalue weighted by Crippen LogP contribution is -2.29. The van der Waals surface area contributed by atoms with Gasteiger partial charge in [0.15, 0.2) is 11.0 Å². The van der Waals surface area contributed by atoms with E-state index in [2.05, 4.69) is 38.3 Å². The van der Waals surface area contributed by atoms with Gasteiger partial charge in [0, 0.05) is 28.0 Å². The summed E-state index contributed by atoms with van der Waals surface area (Å²) >= 11 is 7.72. The normalized spacial score (nSPS) is 17.0. The number of hydrogen-bond donors (Lipinski definition) is 1. The molecule has 1 N–H and O–H groups in total. The summed E-state index contributed by atoms with van der Waals surface area (Å²) in [6.45, 7) is 2.22. The fraction of sp³-hybridized carbons (Fsp3) is 0.172. The Morgan fingerprint density at radius 1 is 1.14 bits per heavy atom. The number of urea groups is 1. The van der Waals surface area contributed by atoms with Crippen LogP contribution in [0.15, 0.2) is 89.8 Å². The number of amidine groups is 1. The number of anilines is 1. The number of carbonyl (C=O) groups excluding carboxylic acids is 1. The number of hydroxylamine groups is 1. The van der Waals surface area contributed by atoms with Gasteiger partial charge in [-0.2, -0.15) is 4.99 Å². The second kappa shape index (κ2) is 11.7.